The standard InChI is InChI=1S/C7H16B2O2/c1-5(7(2,3)4)6(10)11-9-8/h5,9H,8H2,1-4H3. The van der Waals surface area contributed by atoms with Crippen LogP contribution < -0.4 is 0 Å². The second-order valence-corrected chi connectivity index (χ2v) is 3.84. The summed E-state index contributed by atoms with van der Waals surface area (Å²) < 4.78 is 4.89. The van der Waals surface area contributed by atoms with Crippen molar-refractivity contribution in [2.24, 2.45) is 11.3 Å². The highest BCUT2D eigenvalue weighted by Gasteiger charge is 2.27. The highest BCUT2D eigenvalue weighted by Crippen LogP contribution is 2.25. The van der Waals surface area contributed by atoms with E-state index >= 15 is 0 Å². The SMILES string of the molecule is BBOC(=O)C(C)C(C)(C)C. The Bertz CT molecular complexity index is 140. The van der Waals surface area contributed by atoms with E-state index in [-0.39, 0.29) is 17.3 Å². The maximum atomic E-state index is 11.2. The van der Waals surface area contributed by atoms with Gasteiger partial charge >= 0.3 is 0 Å². The van der Waals surface area contributed by atoms with Crippen LogP contribution in [0.15, 0.2) is 0 Å². The molecule has 4 heteroatoms. The Kier molecular flexibility index (Phi) is 3.70. The van der Waals surface area contributed by atoms with Crippen molar-refractivity contribution in [1.82, 2.24) is 0 Å². The third-order valence-electron chi connectivity index (χ3n) is 1.94. The summed E-state index contributed by atoms with van der Waals surface area (Å²) in [5, 5.41) is 0. The average Bonchev–Trinajstić information content (AvgIpc) is 1.85. The van der Waals surface area contributed by atoms with E-state index in [2.05, 4.69) is 0 Å². The Hall–Kier alpha value is -0.400. The highest BCUT2D eigenvalue weighted by atomic mass is 16.5. The summed E-state index contributed by atoms with van der Waals surface area (Å²) in [5.74, 6) is -0.123. The molecule has 0 aromatic carbocycles. The topological polar surface area (TPSA) is 26.3 Å². The minimum Gasteiger partial charge on any atom is -0.548 e. The quantitative estimate of drug-likeness (QED) is 0.527. The molecule has 62 valence electrons. The van der Waals surface area contributed by atoms with E-state index < -0.39 is 0 Å². The molecule has 0 radical (unpaired) electrons. The predicted octanol–water partition coefficient (Wildman–Crippen LogP) is 0.111. The van der Waals surface area contributed by atoms with Crippen molar-refractivity contribution in [3.63, 3.8) is 0 Å². The van der Waals surface area contributed by atoms with Crippen molar-refractivity contribution < 1.29 is 9.45 Å². The zero-order chi connectivity index (χ0) is 9.07. The molecule has 0 spiro atoms. The fourth-order valence-corrected chi connectivity index (χ4v) is 0.621. The van der Waals surface area contributed by atoms with Gasteiger partial charge in [0.05, 0.1) is 5.92 Å². The minimum atomic E-state index is -0.0972. The second-order valence-electron chi connectivity index (χ2n) is 3.84. The van der Waals surface area contributed by atoms with Gasteiger partial charge in [-0.25, -0.2) is 0 Å². The molecule has 0 rings (SSSR count). The van der Waals surface area contributed by atoms with Crippen LogP contribution in [0.25, 0.3) is 0 Å². The summed E-state index contributed by atoms with van der Waals surface area (Å²) in [6.45, 7) is 8.01. The van der Waals surface area contributed by atoms with Crippen molar-refractivity contribution in [2.75, 3.05) is 0 Å². The van der Waals surface area contributed by atoms with Crippen LogP contribution in [-0.4, -0.2) is 21.1 Å². The smallest absolute Gasteiger partial charge is 0.294 e. The van der Waals surface area contributed by atoms with Crippen LogP contribution in [0.4, 0.5) is 0 Å². The molecular weight excluding hydrogens is 138 g/mol. The molecule has 2 nitrogen and oxygen atoms in total. The third kappa shape index (κ3) is 3.49. The van der Waals surface area contributed by atoms with E-state index in [0.717, 1.165) is 0 Å². The Morgan fingerprint density at radius 2 is 2.00 bits per heavy atom. The largest absolute Gasteiger partial charge is 0.548 e. The van der Waals surface area contributed by atoms with Crippen LogP contribution in [0.2, 0.25) is 0 Å². The summed E-state index contributed by atoms with van der Waals surface area (Å²) in [6.07, 6.45) is 0. The molecule has 0 N–H and O–H groups in total. The lowest BCUT2D eigenvalue weighted by Crippen LogP contribution is -2.28. The average molecular weight is 154 g/mol. The van der Waals surface area contributed by atoms with E-state index in [1.165, 1.54) is 0 Å². The molecule has 0 aliphatic carbocycles. The fourth-order valence-electron chi connectivity index (χ4n) is 0.621. The fraction of sp³-hybridized carbons (Fsp3) is 0.857. The van der Waals surface area contributed by atoms with E-state index in [1.807, 2.05) is 35.4 Å². The molecule has 0 aliphatic heterocycles. The van der Waals surface area contributed by atoms with Gasteiger partial charge < -0.3 is 4.65 Å². The number of rotatable bonds is 2. The van der Waals surface area contributed by atoms with Gasteiger partial charge in [0.1, 0.15) is 7.74 Å². The molecule has 0 aromatic rings. The molecule has 11 heavy (non-hydrogen) atoms. The maximum Gasteiger partial charge on any atom is 0.294 e. The van der Waals surface area contributed by atoms with Crippen LogP contribution in [0.5, 0.6) is 0 Å². The molecule has 1 unspecified atom stereocenters. The first-order valence-electron chi connectivity index (χ1n) is 4.06. The first-order valence-corrected chi connectivity index (χ1v) is 4.06. The third-order valence-corrected chi connectivity index (χ3v) is 1.94. The molecule has 1 atom stereocenters. The van der Waals surface area contributed by atoms with Gasteiger partial charge in [-0.15, -0.1) is 0 Å². The van der Waals surface area contributed by atoms with Crippen LogP contribution in [-0.2, 0) is 9.45 Å². The molecule has 0 bridgehead atoms. The summed E-state index contributed by atoms with van der Waals surface area (Å²) in [7, 11) is 2.30. The molecule has 0 amide bonds. The van der Waals surface area contributed by atoms with Crippen molar-refractivity contribution in [1.29, 1.82) is 0 Å². The summed E-state index contributed by atoms with van der Waals surface area (Å²) in [5.41, 5.74) is 0.00620. The number of hydrogen-bond acceptors (Lipinski definition) is 2. The molecule has 0 saturated heterocycles. The zero-order valence-electron chi connectivity index (χ0n) is 8.10. The van der Waals surface area contributed by atoms with Gasteiger partial charge in [0.25, 0.3) is 13.3 Å². The van der Waals surface area contributed by atoms with Crippen LogP contribution >= 0.6 is 0 Å². The van der Waals surface area contributed by atoms with Crippen LogP contribution in [0, 0.1) is 11.3 Å². The van der Waals surface area contributed by atoms with Gasteiger partial charge in [0, 0.05) is 0 Å². The van der Waals surface area contributed by atoms with Crippen LogP contribution in [0.3, 0.4) is 0 Å². The van der Waals surface area contributed by atoms with Gasteiger partial charge in [-0.2, -0.15) is 0 Å². The number of carbonyl (C=O) groups excluding carboxylic acids is 1. The molecule has 0 fully saturated rings. The normalized spacial score (nSPS) is 13.8. The van der Waals surface area contributed by atoms with Gasteiger partial charge in [-0.3, -0.25) is 4.79 Å². The van der Waals surface area contributed by atoms with Crippen molar-refractivity contribution in [3.8, 4) is 0 Å². The monoisotopic (exact) mass is 154 g/mol. The lowest BCUT2D eigenvalue weighted by molar-refractivity contribution is -0.141. The van der Waals surface area contributed by atoms with E-state index in [4.69, 9.17) is 4.65 Å². The van der Waals surface area contributed by atoms with Crippen molar-refractivity contribution >= 4 is 21.1 Å². The number of carbonyl (C=O) groups is 1. The summed E-state index contributed by atoms with van der Waals surface area (Å²) in [4.78, 5) is 11.2. The summed E-state index contributed by atoms with van der Waals surface area (Å²) >= 11 is 0. The molecule has 0 aromatic heterocycles. The van der Waals surface area contributed by atoms with Crippen LogP contribution in [0.1, 0.15) is 27.7 Å². The predicted molar refractivity (Wildman–Crippen MR) is 50.4 cm³/mol. The molecule has 0 heterocycles. The van der Waals surface area contributed by atoms with Gasteiger partial charge in [0.2, 0.25) is 0 Å². The second kappa shape index (κ2) is 3.84. The first-order chi connectivity index (χ1) is 4.89. The van der Waals surface area contributed by atoms with Crippen molar-refractivity contribution in [2.45, 2.75) is 27.7 Å². The van der Waals surface area contributed by atoms with Gasteiger partial charge in [-0.1, -0.05) is 27.7 Å². The minimum absolute atomic E-state index is 0.00620. The Morgan fingerprint density at radius 3 is 2.27 bits per heavy atom. The van der Waals surface area contributed by atoms with Crippen molar-refractivity contribution in [3.05, 3.63) is 0 Å². The van der Waals surface area contributed by atoms with E-state index in [0.29, 0.717) is 7.37 Å². The lowest BCUT2D eigenvalue weighted by Gasteiger charge is -2.25. The Balaban J connectivity index is 4.03. The number of hydrogen-bond donors (Lipinski definition) is 0. The lowest BCUT2D eigenvalue weighted by atomic mass is 9.71. The summed E-state index contributed by atoms with van der Waals surface area (Å²) in [6, 6.07) is 0. The highest BCUT2D eigenvalue weighted by molar-refractivity contribution is 6.86. The maximum absolute atomic E-state index is 11.2. The Morgan fingerprint density at radius 1 is 1.55 bits per heavy atom. The molecule has 0 aliphatic rings. The molecular formula is C7H16B2O2. The zero-order valence-corrected chi connectivity index (χ0v) is 8.10. The Labute approximate surface area is 70.4 Å². The van der Waals surface area contributed by atoms with E-state index in [1.54, 1.807) is 0 Å². The van der Waals surface area contributed by atoms with Gasteiger partial charge in [0.15, 0.2) is 0 Å². The molecule has 0 saturated carbocycles. The van der Waals surface area contributed by atoms with Gasteiger partial charge in [-0.05, 0) is 5.41 Å². The van der Waals surface area contributed by atoms with E-state index in [9.17, 15) is 4.79 Å². The first kappa shape index (κ1) is 10.6.